The number of rotatable bonds is 5. The standard InChI is InChI=1S/C20H18N4O3/c25-18(26)10-13-22-12-9-16(14-24(22)27)19-17-8-4-5-11-23(17)21-20(19)15-6-2-1-3-7-15/h1-9,11-12,14,24H,10,13H2,(H,25,26). The second-order valence-corrected chi connectivity index (χ2v) is 6.21. The number of carboxylic acid groups (broad SMARTS) is 1. The number of carboxylic acids is 1. The summed E-state index contributed by atoms with van der Waals surface area (Å²) in [6, 6.07) is 15.6. The Kier molecular flexibility index (Phi) is 4.45. The Hall–Kier alpha value is -3.42. The number of hydroxylamine groups is 1. The van der Waals surface area contributed by atoms with Crippen molar-refractivity contribution < 1.29 is 15.1 Å². The van der Waals surface area contributed by atoms with E-state index in [0.29, 0.717) is 0 Å². The minimum Gasteiger partial charge on any atom is -0.603 e. The van der Waals surface area contributed by atoms with Gasteiger partial charge in [0.15, 0.2) is 0 Å². The first-order chi connectivity index (χ1) is 13.1. The number of hydrogen-bond donors (Lipinski definition) is 2. The number of aliphatic carboxylic acids is 1. The van der Waals surface area contributed by atoms with E-state index < -0.39 is 5.97 Å². The van der Waals surface area contributed by atoms with Crippen LogP contribution in [0.25, 0.3) is 22.3 Å². The summed E-state index contributed by atoms with van der Waals surface area (Å²) < 4.78 is 1.80. The Labute approximate surface area is 155 Å². The fourth-order valence-electron chi connectivity index (χ4n) is 3.15. The number of quaternary nitrogens is 1. The maximum atomic E-state index is 12.5. The molecule has 136 valence electrons. The molecule has 0 spiro atoms. The van der Waals surface area contributed by atoms with Crippen molar-refractivity contribution in [2.75, 3.05) is 6.54 Å². The summed E-state index contributed by atoms with van der Waals surface area (Å²) in [5.41, 5.74) is 4.30. The summed E-state index contributed by atoms with van der Waals surface area (Å²) in [5, 5.41) is 27.2. The van der Waals surface area contributed by atoms with E-state index in [1.807, 2.05) is 60.8 Å². The van der Waals surface area contributed by atoms with Crippen molar-refractivity contribution in [1.29, 1.82) is 0 Å². The fourth-order valence-corrected chi connectivity index (χ4v) is 3.15. The Morgan fingerprint density at radius 2 is 1.93 bits per heavy atom. The van der Waals surface area contributed by atoms with Crippen molar-refractivity contribution in [3.05, 3.63) is 84.0 Å². The SMILES string of the molecule is O=C(O)CCN1C=CC(c2c(-c3ccccc3)nn3ccccc23)=C[NH+]1[O-]. The summed E-state index contributed by atoms with van der Waals surface area (Å²) >= 11 is 0. The van der Waals surface area contributed by atoms with Crippen molar-refractivity contribution in [3.8, 4) is 11.3 Å². The van der Waals surface area contributed by atoms with Gasteiger partial charge in [-0.1, -0.05) is 36.4 Å². The molecule has 0 bridgehead atoms. The van der Waals surface area contributed by atoms with Crippen LogP contribution in [0.4, 0.5) is 0 Å². The van der Waals surface area contributed by atoms with E-state index in [4.69, 9.17) is 10.2 Å². The van der Waals surface area contributed by atoms with Crippen molar-refractivity contribution in [3.63, 3.8) is 0 Å². The van der Waals surface area contributed by atoms with Gasteiger partial charge >= 0.3 is 5.97 Å². The highest BCUT2D eigenvalue weighted by molar-refractivity contribution is 5.92. The number of nitrogens with one attached hydrogen (secondary N) is 1. The predicted octanol–water partition coefficient (Wildman–Crippen LogP) is 1.94. The van der Waals surface area contributed by atoms with Gasteiger partial charge < -0.3 is 10.3 Å². The molecular formula is C20H18N4O3. The van der Waals surface area contributed by atoms with E-state index in [0.717, 1.165) is 27.9 Å². The molecule has 1 aliphatic heterocycles. The summed E-state index contributed by atoms with van der Waals surface area (Å²) in [6.07, 6.45) is 6.80. The maximum absolute atomic E-state index is 12.5. The molecule has 3 heterocycles. The van der Waals surface area contributed by atoms with Crippen LogP contribution in [-0.2, 0) is 4.79 Å². The van der Waals surface area contributed by atoms with Gasteiger partial charge in [0.05, 0.1) is 24.7 Å². The monoisotopic (exact) mass is 362 g/mol. The summed E-state index contributed by atoms with van der Waals surface area (Å²) in [5.74, 6) is -0.931. The van der Waals surface area contributed by atoms with Crippen LogP contribution >= 0.6 is 0 Å². The zero-order chi connectivity index (χ0) is 18.8. The Balaban J connectivity index is 1.77. The summed E-state index contributed by atoms with van der Waals surface area (Å²) in [6.45, 7) is 0.148. The molecule has 0 aliphatic carbocycles. The van der Waals surface area contributed by atoms with Gasteiger partial charge in [0.1, 0.15) is 11.9 Å². The average molecular weight is 362 g/mol. The molecule has 0 radical (unpaired) electrons. The van der Waals surface area contributed by atoms with E-state index in [-0.39, 0.29) is 18.1 Å². The first-order valence-corrected chi connectivity index (χ1v) is 8.59. The van der Waals surface area contributed by atoms with Gasteiger partial charge in [0.25, 0.3) is 0 Å². The quantitative estimate of drug-likeness (QED) is 0.678. The van der Waals surface area contributed by atoms with Gasteiger partial charge in [-0.15, -0.1) is 0 Å². The van der Waals surface area contributed by atoms with Crippen LogP contribution in [-0.4, -0.2) is 32.2 Å². The van der Waals surface area contributed by atoms with Gasteiger partial charge in [0.2, 0.25) is 0 Å². The minimum absolute atomic E-state index is 0.0920. The highest BCUT2D eigenvalue weighted by Gasteiger charge is 2.21. The van der Waals surface area contributed by atoms with E-state index in [2.05, 4.69) is 0 Å². The van der Waals surface area contributed by atoms with Gasteiger partial charge in [-0.05, 0) is 18.2 Å². The molecule has 4 rings (SSSR count). The van der Waals surface area contributed by atoms with Crippen LogP contribution in [0.5, 0.6) is 0 Å². The molecule has 7 nitrogen and oxygen atoms in total. The third-order valence-corrected chi connectivity index (χ3v) is 4.44. The fraction of sp³-hybridized carbons (Fsp3) is 0.100. The van der Waals surface area contributed by atoms with Crippen LogP contribution in [0.15, 0.2) is 73.2 Å². The Bertz CT molecular complexity index is 1040. The van der Waals surface area contributed by atoms with Crippen molar-refractivity contribution in [1.82, 2.24) is 14.6 Å². The molecule has 1 unspecified atom stereocenters. The molecule has 27 heavy (non-hydrogen) atoms. The number of fused-ring (bicyclic) bond motifs is 1. The van der Waals surface area contributed by atoms with Gasteiger partial charge in [-0.25, -0.2) is 14.7 Å². The molecule has 0 saturated heterocycles. The lowest BCUT2D eigenvalue weighted by atomic mass is 10.00. The maximum Gasteiger partial charge on any atom is 0.305 e. The molecule has 0 amide bonds. The van der Waals surface area contributed by atoms with Crippen molar-refractivity contribution in [2.45, 2.75) is 6.42 Å². The first-order valence-electron chi connectivity index (χ1n) is 8.59. The molecule has 1 atom stereocenters. The number of hydrogen-bond acceptors (Lipinski definition) is 4. The van der Waals surface area contributed by atoms with Crippen LogP contribution in [0.2, 0.25) is 0 Å². The molecule has 1 aliphatic rings. The molecule has 2 N–H and O–H groups in total. The van der Waals surface area contributed by atoms with Crippen LogP contribution in [0.1, 0.15) is 12.0 Å². The molecule has 0 fully saturated rings. The summed E-state index contributed by atoms with van der Waals surface area (Å²) in [7, 11) is 0. The third kappa shape index (κ3) is 3.33. The highest BCUT2D eigenvalue weighted by Crippen LogP contribution is 2.32. The largest absolute Gasteiger partial charge is 0.603 e. The zero-order valence-corrected chi connectivity index (χ0v) is 14.4. The minimum atomic E-state index is -0.931. The second kappa shape index (κ2) is 7.06. The summed E-state index contributed by atoms with van der Waals surface area (Å²) in [4.78, 5) is 10.8. The van der Waals surface area contributed by atoms with E-state index in [1.165, 1.54) is 11.2 Å². The van der Waals surface area contributed by atoms with Crippen LogP contribution in [0, 0.1) is 5.21 Å². The molecular weight excluding hydrogens is 344 g/mol. The third-order valence-electron chi connectivity index (χ3n) is 4.44. The van der Waals surface area contributed by atoms with E-state index in [9.17, 15) is 10.0 Å². The average Bonchev–Trinajstić information content (AvgIpc) is 3.07. The van der Waals surface area contributed by atoms with Crippen molar-refractivity contribution in [2.24, 2.45) is 0 Å². The number of pyridine rings is 1. The topological polar surface area (TPSA) is 85.3 Å². The Morgan fingerprint density at radius 3 is 2.67 bits per heavy atom. The number of nitrogens with zero attached hydrogens (tertiary/aromatic N) is 3. The number of aromatic nitrogens is 2. The lowest BCUT2D eigenvalue weighted by molar-refractivity contribution is -0.915. The number of allylic oxidation sites excluding steroid dienone is 2. The van der Waals surface area contributed by atoms with Crippen LogP contribution < -0.4 is 5.17 Å². The smallest absolute Gasteiger partial charge is 0.305 e. The number of benzene rings is 1. The molecule has 3 aromatic rings. The lowest BCUT2D eigenvalue weighted by Gasteiger charge is -2.32. The van der Waals surface area contributed by atoms with Gasteiger partial charge in [-0.2, -0.15) is 5.10 Å². The Morgan fingerprint density at radius 1 is 1.15 bits per heavy atom. The normalized spacial score (nSPS) is 16.6. The molecule has 1 aromatic carbocycles. The second-order valence-electron chi connectivity index (χ2n) is 6.21. The molecule has 7 heteroatoms. The molecule has 2 aromatic heterocycles. The first kappa shape index (κ1) is 17.0. The van der Waals surface area contributed by atoms with Gasteiger partial charge in [0, 0.05) is 22.9 Å². The number of carbonyl (C=O) groups is 1. The highest BCUT2D eigenvalue weighted by atomic mass is 16.5. The predicted molar refractivity (Wildman–Crippen MR) is 101 cm³/mol. The van der Waals surface area contributed by atoms with E-state index in [1.54, 1.807) is 10.7 Å². The van der Waals surface area contributed by atoms with Crippen LogP contribution in [0.3, 0.4) is 0 Å². The lowest BCUT2D eigenvalue weighted by Crippen LogP contribution is -3.09. The van der Waals surface area contributed by atoms with E-state index >= 15 is 0 Å². The van der Waals surface area contributed by atoms with Crippen molar-refractivity contribution >= 4 is 17.1 Å². The zero-order valence-electron chi connectivity index (χ0n) is 14.4. The molecule has 0 saturated carbocycles. The van der Waals surface area contributed by atoms with Gasteiger partial charge in [-0.3, -0.25) is 4.79 Å².